The second kappa shape index (κ2) is 7.86. The summed E-state index contributed by atoms with van der Waals surface area (Å²) < 4.78 is 11.7. The van der Waals surface area contributed by atoms with E-state index in [1.54, 1.807) is 24.4 Å². The number of rotatable bonds is 5. The fourth-order valence-corrected chi connectivity index (χ4v) is 2.92. The Morgan fingerprint density at radius 1 is 1.13 bits per heavy atom. The Kier molecular flexibility index (Phi) is 5.60. The first-order chi connectivity index (χ1) is 11.2. The number of piperidine rings is 1. The van der Waals surface area contributed by atoms with Gasteiger partial charge in [0.05, 0.1) is 10.7 Å². The first-order valence-electron chi connectivity index (χ1n) is 7.61. The summed E-state index contributed by atoms with van der Waals surface area (Å²) >= 11 is 12.0. The molecule has 0 bridgehead atoms. The van der Waals surface area contributed by atoms with Gasteiger partial charge in [-0.25, -0.2) is 0 Å². The van der Waals surface area contributed by atoms with Gasteiger partial charge in [0.2, 0.25) is 0 Å². The number of nitrogens with zero attached hydrogens (tertiary/aromatic N) is 1. The third kappa shape index (κ3) is 4.74. The zero-order valence-electron chi connectivity index (χ0n) is 12.6. The van der Waals surface area contributed by atoms with Crippen molar-refractivity contribution in [2.45, 2.75) is 25.6 Å². The topological polar surface area (TPSA) is 43.4 Å². The Balaban J connectivity index is 1.60. The fraction of sp³-hybridized carbons (Fsp3) is 0.353. The molecule has 0 amide bonds. The van der Waals surface area contributed by atoms with Crippen molar-refractivity contribution in [3.8, 4) is 11.5 Å². The van der Waals surface area contributed by atoms with Gasteiger partial charge in [0.15, 0.2) is 0 Å². The number of hydrogen-bond acceptors (Lipinski definition) is 4. The monoisotopic (exact) mass is 352 g/mol. The van der Waals surface area contributed by atoms with Crippen molar-refractivity contribution in [3.63, 3.8) is 0 Å². The smallest absolute Gasteiger partial charge is 0.138 e. The Hall–Kier alpha value is -1.49. The van der Waals surface area contributed by atoms with E-state index in [1.165, 1.54) is 0 Å². The number of nitrogens with one attached hydrogen (secondary N) is 1. The van der Waals surface area contributed by atoms with Crippen LogP contribution in [0, 0.1) is 0 Å². The maximum absolute atomic E-state index is 6.10. The highest BCUT2D eigenvalue weighted by molar-refractivity contribution is 6.35. The number of hydrogen-bond donors (Lipinski definition) is 1. The minimum absolute atomic E-state index is 0.262. The molecule has 2 heterocycles. The average Bonchev–Trinajstić information content (AvgIpc) is 2.55. The molecular weight excluding hydrogens is 335 g/mol. The zero-order chi connectivity index (χ0) is 16.1. The molecule has 23 heavy (non-hydrogen) atoms. The second-order valence-corrected chi connectivity index (χ2v) is 6.26. The predicted octanol–water partition coefficient (Wildman–Crippen LogP) is 4.10. The van der Waals surface area contributed by atoms with Crippen LogP contribution in [0.3, 0.4) is 0 Å². The average molecular weight is 353 g/mol. The molecule has 1 aliphatic rings. The summed E-state index contributed by atoms with van der Waals surface area (Å²) in [6.45, 7) is 2.33. The van der Waals surface area contributed by atoms with Gasteiger partial charge in [-0.1, -0.05) is 23.2 Å². The molecule has 122 valence electrons. The van der Waals surface area contributed by atoms with Crippen molar-refractivity contribution in [3.05, 3.63) is 52.3 Å². The van der Waals surface area contributed by atoms with Gasteiger partial charge in [-0.2, -0.15) is 0 Å². The van der Waals surface area contributed by atoms with Gasteiger partial charge < -0.3 is 14.8 Å². The van der Waals surface area contributed by atoms with Gasteiger partial charge in [-0.15, -0.1) is 0 Å². The lowest BCUT2D eigenvalue weighted by Crippen LogP contribution is -2.34. The standard InChI is InChI=1S/C17H18Cl2N2O2/c18-12-1-2-17(16(19)9-12)22-11-13-10-15(5-8-21-13)23-14-3-6-20-7-4-14/h1-2,5,8-10,14,20H,3-4,6-7,11H2. The third-order valence-corrected chi connectivity index (χ3v) is 4.18. The van der Waals surface area contributed by atoms with Crippen molar-refractivity contribution in [1.82, 2.24) is 10.3 Å². The summed E-state index contributed by atoms with van der Waals surface area (Å²) in [4.78, 5) is 4.31. The summed E-state index contributed by atoms with van der Waals surface area (Å²) in [5.41, 5.74) is 0.794. The number of halogens is 2. The Labute approximate surface area is 145 Å². The molecule has 6 heteroatoms. The SMILES string of the molecule is Clc1ccc(OCc2cc(OC3CCNCC3)ccn2)c(Cl)c1. The normalized spacial score (nSPS) is 15.4. The van der Waals surface area contributed by atoms with Gasteiger partial charge in [0, 0.05) is 17.3 Å². The van der Waals surface area contributed by atoms with Crippen molar-refractivity contribution in [1.29, 1.82) is 0 Å². The van der Waals surface area contributed by atoms with Crippen molar-refractivity contribution in [2.75, 3.05) is 13.1 Å². The molecule has 0 atom stereocenters. The first kappa shape index (κ1) is 16.4. The van der Waals surface area contributed by atoms with E-state index < -0.39 is 0 Å². The van der Waals surface area contributed by atoms with Crippen LogP contribution in [-0.4, -0.2) is 24.2 Å². The van der Waals surface area contributed by atoms with Crippen LogP contribution in [0.4, 0.5) is 0 Å². The van der Waals surface area contributed by atoms with Crippen LogP contribution in [0.5, 0.6) is 11.5 Å². The molecule has 1 saturated heterocycles. The van der Waals surface area contributed by atoms with Gasteiger partial charge >= 0.3 is 0 Å². The van der Waals surface area contributed by atoms with Gasteiger partial charge in [-0.05, 0) is 50.2 Å². The van der Waals surface area contributed by atoms with E-state index in [4.69, 9.17) is 32.7 Å². The van der Waals surface area contributed by atoms with E-state index in [0.717, 1.165) is 37.4 Å². The molecule has 1 N–H and O–H groups in total. The van der Waals surface area contributed by atoms with Gasteiger partial charge in [0.1, 0.15) is 24.2 Å². The van der Waals surface area contributed by atoms with Crippen LogP contribution >= 0.6 is 23.2 Å². The van der Waals surface area contributed by atoms with Crippen LogP contribution in [0.2, 0.25) is 10.0 Å². The van der Waals surface area contributed by atoms with Crippen LogP contribution in [-0.2, 0) is 6.61 Å². The molecule has 3 rings (SSSR count). The molecule has 0 aliphatic carbocycles. The summed E-state index contributed by atoms with van der Waals surface area (Å²) in [7, 11) is 0. The van der Waals surface area contributed by atoms with E-state index in [2.05, 4.69) is 10.3 Å². The molecule has 0 unspecified atom stereocenters. The van der Waals surface area contributed by atoms with E-state index in [0.29, 0.717) is 22.4 Å². The highest BCUT2D eigenvalue weighted by atomic mass is 35.5. The minimum atomic E-state index is 0.262. The largest absolute Gasteiger partial charge is 0.490 e. The third-order valence-electron chi connectivity index (χ3n) is 3.65. The Bertz CT molecular complexity index is 661. The van der Waals surface area contributed by atoms with E-state index >= 15 is 0 Å². The summed E-state index contributed by atoms with van der Waals surface area (Å²) in [6.07, 6.45) is 4.04. The number of pyridine rings is 1. The first-order valence-corrected chi connectivity index (χ1v) is 8.36. The molecule has 4 nitrogen and oxygen atoms in total. The lowest BCUT2D eigenvalue weighted by atomic mass is 10.1. The maximum atomic E-state index is 6.10. The minimum Gasteiger partial charge on any atom is -0.490 e. The van der Waals surface area contributed by atoms with Crippen LogP contribution < -0.4 is 14.8 Å². The molecule has 1 aromatic carbocycles. The molecular formula is C17H18Cl2N2O2. The lowest BCUT2D eigenvalue weighted by Gasteiger charge is -2.23. The second-order valence-electron chi connectivity index (χ2n) is 5.41. The molecule has 2 aromatic rings. The van der Waals surface area contributed by atoms with Crippen LogP contribution in [0.25, 0.3) is 0 Å². The molecule has 0 radical (unpaired) electrons. The maximum Gasteiger partial charge on any atom is 0.138 e. The zero-order valence-corrected chi connectivity index (χ0v) is 14.1. The Morgan fingerprint density at radius 2 is 1.96 bits per heavy atom. The quantitative estimate of drug-likeness (QED) is 0.879. The number of benzene rings is 1. The highest BCUT2D eigenvalue weighted by Gasteiger charge is 2.14. The molecule has 1 aromatic heterocycles. The van der Waals surface area contributed by atoms with Gasteiger partial charge in [0.25, 0.3) is 0 Å². The summed E-state index contributed by atoms with van der Waals surface area (Å²) in [6, 6.07) is 8.93. The predicted molar refractivity (Wildman–Crippen MR) is 91.6 cm³/mol. The van der Waals surface area contributed by atoms with Crippen LogP contribution in [0.1, 0.15) is 18.5 Å². The molecule has 1 aliphatic heterocycles. The van der Waals surface area contributed by atoms with Crippen molar-refractivity contribution >= 4 is 23.2 Å². The molecule has 0 saturated carbocycles. The summed E-state index contributed by atoms with van der Waals surface area (Å²) in [5.74, 6) is 1.41. The van der Waals surface area contributed by atoms with E-state index in [1.807, 2.05) is 12.1 Å². The van der Waals surface area contributed by atoms with Crippen LogP contribution in [0.15, 0.2) is 36.5 Å². The highest BCUT2D eigenvalue weighted by Crippen LogP contribution is 2.28. The Morgan fingerprint density at radius 3 is 2.74 bits per heavy atom. The number of aromatic nitrogens is 1. The van der Waals surface area contributed by atoms with Crippen molar-refractivity contribution in [2.24, 2.45) is 0 Å². The van der Waals surface area contributed by atoms with Crippen molar-refractivity contribution < 1.29 is 9.47 Å². The lowest BCUT2D eigenvalue weighted by molar-refractivity contribution is 0.162. The van der Waals surface area contributed by atoms with Gasteiger partial charge in [-0.3, -0.25) is 4.98 Å². The fourth-order valence-electron chi connectivity index (χ4n) is 2.46. The molecule has 1 fully saturated rings. The van der Waals surface area contributed by atoms with E-state index in [9.17, 15) is 0 Å². The van der Waals surface area contributed by atoms with E-state index in [-0.39, 0.29) is 6.10 Å². The molecule has 0 spiro atoms. The number of ether oxygens (including phenoxy) is 2. The summed E-state index contributed by atoms with van der Waals surface area (Å²) in [5, 5.41) is 4.39.